The molecule has 0 aliphatic heterocycles. The third kappa shape index (κ3) is 6.90. The topological polar surface area (TPSA) is 65.3 Å². The van der Waals surface area contributed by atoms with Gasteiger partial charge in [-0.3, -0.25) is 19.5 Å². The average Bonchev–Trinajstić information content (AvgIpc) is 4.06. The van der Waals surface area contributed by atoms with Gasteiger partial charge in [0.25, 0.3) is 0 Å². The molecule has 7 nitrogen and oxygen atoms in total. The fourth-order valence-corrected chi connectivity index (χ4v) is 10.3. The predicted molar refractivity (Wildman–Crippen MR) is 292 cm³/mol. The lowest BCUT2D eigenvalue weighted by atomic mass is 10.0. The molecule has 0 amide bonds. The van der Waals surface area contributed by atoms with Crippen LogP contribution in [0.4, 0.5) is 0 Å². The Bertz CT molecular complexity index is 4210. The van der Waals surface area contributed by atoms with Crippen LogP contribution < -0.4 is 0 Å². The van der Waals surface area contributed by atoms with Gasteiger partial charge in [0.05, 0.1) is 55.7 Å². The van der Waals surface area contributed by atoms with Crippen molar-refractivity contribution in [1.29, 1.82) is 0 Å². The van der Waals surface area contributed by atoms with Crippen LogP contribution in [-0.2, 0) is 6.67 Å². The molecule has 70 heavy (non-hydrogen) atoms. The van der Waals surface area contributed by atoms with Crippen LogP contribution in [0.5, 0.6) is 0 Å². The fourth-order valence-electron chi connectivity index (χ4n) is 10.3. The maximum atomic E-state index is 5.37. The quantitative estimate of drug-likeness (QED) is 0.128. The van der Waals surface area contributed by atoms with Gasteiger partial charge in [0.15, 0.2) is 0 Å². The fraction of sp³-hybridized carbons (Fsp3) is 0.0159. The maximum Gasteiger partial charge on any atom is 0.138 e. The Morgan fingerprint density at radius 3 is 1.76 bits per heavy atom. The number of aromatic nitrogens is 5. The van der Waals surface area contributed by atoms with Gasteiger partial charge in [0.1, 0.15) is 12.5 Å². The molecular weight excluding hydrogens is 855 g/mol. The van der Waals surface area contributed by atoms with Crippen LogP contribution >= 0.6 is 0 Å². The summed E-state index contributed by atoms with van der Waals surface area (Å²) in [7, 11) is 0. The average molecular weight is 898 g/mol. The Balaban J connectivity index is 0.883. The summed E-state index contributed by atoms with van der Waals surface area (Å²) < 4.78 is 6.89. The summed E-state index contributed by atoms with van der Waals surface area (Å²) in [5, 5.41) is 5.80. The summed E-state index contributed by atoms with van der Waals surface area (Å²) in [5.41, 5.74) is 16.6. The van der Waals surface area contributed by atoms with Gasteiger partial charge in [0.2, 0.25) is 0 Å². The Labute approximate surface area is 403 Å². The van der Waals surface area contributed by atoms with Gasteiger partial charge in [-0.1, -0.05) is 140 Å². The molecule has 0 fully saturated rings. The molecular formula is C63H43N7. The summed E-state index contributed by atoms with van der Waals surface area (Å²) in [4.78, 5) is 19.9. The van der Waals surface area contributed by atoms with E-state index in [1.807, 2.05) is 72.9 Å². The number of rotatable bonds is 10. The van der Waals surface area contributed by atoms with E-state index in [9.17, 15) is 0 Å². The Hall–Kier alpha value is -9.46. The predicted octanol–water partition coefficient (Wildman–Crippen LogP) is 15.3. The van der Waals surface area contributed by atoms with Gasteiger partial charge in [-0.05, 0) is 114 Å². The molecule has 5 heterocycles. The highest BCUT2D eigenvalue weighted by Gasteiger charge is 2.19. The molecule has 0 N–H and O–H groups in total. The van der Waals surface area contributed by atoms with Crippen molar-refractivity contribution < 1.29 is 0 Å². The van der Waals surface area contributed by atoms with E-state index < -0.39 is 0 Å². The summed E-state index contributed by atoms with van der Waals surface area (Å²) in [6.07, 6.45) is 3.91. The zero-order valence-electron chi connectivity index (χ0n) is 38.1. The van der Waals surface area contributed by atoms with Crippen molar-refractivity contribution in [2.75, 3.05) is 0 Å². The van der Waals surface area contributed by atoms with Gasteiger partial charge < -0.3 is 9.13 Å². The number of nitrogens with zero attached hydrogens (tertiary/aromatic N) is 7. The molecule has 0 bridgehead atoms. The summed E-state index contributed by atoms with van der Waals surface area (Å²) in [5.74, 6) is 0.862. The van der Waals surface area contributed by atoms with E-state index >= 15 is 0 Å². The highest BCUT2D eigenvalue weighted by Crippen LogP contribution is 2.39. The van der Waals surface area contributed by atoms with Crippen molar-refractivity contribution in [3.63, 3.8) is 0 Å². The second-order valence-corrected chi connectivity index (χ2v) is 17.5. The molecule has 13 rings (SSSR count). The lowest BCUT2D eigenvalue weighted by molar-refractivity contribution is 0.793. The number of pyridine rings is 2. The summed E-state index contributed by atoms with van der Waals surface area (Å²) >= 11 is 0. The van der Waals surface area contributed by atoms with Gasteiger partial charge >= 0.3 is 0 Å². The highest BCUT2D eigenvalue weighted by molar-refractivity contribution is 6.14. The van der Waals surface area contributed by atoms with Crippen LogP contribution in [0.3, 0.4) is 0 Å². The molecule has 13 aromatic rings. The first-order valence-electron chi connectivity index (χ1n) is 23.5. The van der Waals surface area contributed by atoms with Crippen molar-refractivity contribution in [2.45, 2.75) is 6.67 Å². The van der Waals surface area contributed by atoms with Crippen molar-refractivity contribution in [3.05, 3.63) is 248 Å². The zero-order chi connectivity index (χ0) is 46.5. The molecule has 0 saturated carbocycles. The molecule has 0 unspecified atom stereocenters. The minimum absolute atomic E-state index is 0.425. The standard InChI is InChI=1S/C63H43N7/c1-64-54(42-17-5-2-6-18-42)40-55(43-19-7-3-8-20-43)66-41-68-56-26-13-11-23-48(56)50-37-44(30-33-57(50)68)45-31-34-59-51(38-45)49-24-12-14-27-58(49)70(59)62-29-15-25-53(67-62)46-32-35-60-52(39-46)63-61(28-16-36-65-63)69(60)47-21-9-4-10-22-47/h2-40H,1,41H2/b54-40-,66-55+. The normalized spacial score (nSPS) is 12.3. The third-order valence-electron chi connectivity index (χ3n) is 13.5. The van der Waals surface area contributed by atoms with Crippen LogP contribution in [-0.4, -0.2) is 36.1 Å². The summed E-state index contributed by atoms with van der Waals surface area (Å²) in [6, 6.07) is 78.9. The lowest BCUT2D eigenvalue weighted by Crippen LogP contribution is -2.03. The molecule has 0 aliphatic carbocycles. The van der Waals surface area contributed by atoms with Gasteiger partial charge in [0, 0.05) is 49.9 Å². The Kier molecular flexibility index (Phi) is 9.91. The molecule has 0 radical (unpaired) electrons. The van der Waals surface area contributed by atoms with E-state index in [2.05, 4.69) is 189 Å². The molecule has 0 saturated heterocycles. The minimum atomic E-state index is 0.425. The molecule has 5 aromatic heterocycles. The third-order valence-corrected chi connectivity index (χ3v) is 13.5. The molecule has 8 aromatic carbocycles. The van der Waals surface area contributed by atoms with E-state index in [4.69, 9.17) is 15.0 Å². The molecule has 0 spiro atoms. The molecule has 330 valence electrons. The Morgan fingerprint density at radius 1 is 0.457 bits per heavy atom. The van der Waals surface area contributed by atoms with E-state index in [1.54, 1.807) is 0 Å². The molecule has 0 aliphatic rings. The SMILES string of the molecule is C=N/C(=C\C(=N/Cn1c2ccccc2c2cc(-c3ccc4c(c3)c3ccccc3n4-c3cccc(-c4ccc5c(c4)c4ncccc4n5-c4ccccc4)n3)ccc21)c1ccccc1)c1ccccc1. The number of aliphatic imine (C=N–C) groups is 2. The van der Waals surface area contributed by atoms with Crippen LogP contribution in [0.25, 0.3) is 105 Å². The smallest absolute Gasteiger partial charge is 0.138 e. The first-order chi connectivity index (χ1) is 34.7. The Morgan fingerprint density at radius 2 is 1.01 bits per heavy atom. The number of para-hydroxylation sites is 3. The van der Waals surface area contributed by atoms with E-state index in [-0.39, 0.29) is 0 Å². The van der Waals surface area contributed by atoms with Gasteiger partial charge in [-0.15, -0.1) is 0 Å². The first kappa shape index (κ1) is 40.8. The molecule has 0 atom stereocenters. The lowest BCUT2D eigenvalue weighted by Gasteiger charge is -2.11. The van der Waals surface area contributed by atoms with Crippen LogP contribution in [0.2, 0.25) is 0 Å². The first-order valence-corrected chi connectivity index (χ1v) is 23.5. The molecule has 7 heteroatoms. The number of allylic oxidation sites excluding steroid dienone is 1. The summed E-state index contributed by atoms with van der Waals surface area (Å²) in [6.45, 7) is 4.33. The van der Waals surface area contributed by atoms with Gasteiger partial charge in [-0.25, -0.2) is 4.98 Å². The van der Waals surface area contributed by atoms with E-state index in [1.165, 1.54) is 21.5 Å². The van der Waals surface area contributed by atoms with Gasteiger partial charge in [-0.2, -0.15) is 0 Å². The second-order valence-electron chi connectivity index (χ2n) is 17.5. The zero-order valence-corrected chi connectivity index (χ0v) is 38.1. The number of fused-ring (bicyclic) bond motifs is 9. The maximum absolute atomic E-state index is 5.37. The van der Waals surface area contributed by atoms with Crippen molar-refractivity contribution in [2.24, 2.45) is 9.98 Å². The van der Waals surface area contributed by atoms with Crippen LogP contribution in [0.15, 0.2) is 247 Å². The monoisotopic (exact) mass is 897 g/mol. The highest BCUT2D eigenvalue weighted by atomic mass is 15.1. The second kappa shape index (κ2) is 17.0. The van der Waals surface area contributed by atoms with Crippen molar-refractivity contribution >= 4 is 83.7 Å². The van der Waals surface area contributed by atoms with Crippen molar-refractivity contribution in [1.82, 2.24) is 23.7 Å². The largest absolute Gasteiger partial charge is 0.320 e. The van der Waals surface area contributed by atoms with Crippen molar-refractivity contribution in [3.8, 4) is 33.9 Å². The van der Waals surface area contributed by atoms with Crippen LogP contribution in [0, 0.1) is 0 Å². The van der Waals surface area contributed by atoms with Crippen LogP contribution in [0.1, 0.15) is 11.1 Å². The van der Waals surface area contributed by atoms with E-state index in [0.29, 0.717) is 6.67 Å². The number of hydrogen-bond acceptors (Lipinski definition) is 4. The van der Waals surface area contributed by atoms with E-state index in [0.717, 1.165) is 100 Å². The number of benzene rings is 8. The number of hydrogen-bond donors (Lipinski definition) is 0. The minimum Gasteiger partial charge on any atom is -0.320 e.